The lowest BCUT2D eigenvalue weighted by Crippen LogP contribution is -2.30. The molecule has 26 heavy (non-hydrogen) atoms. The predicted octanol–water partition coefficient (Wildman–Crippen LogP) is 3.61. The number of thioether (sulfide) groups is 1. The Labute approximate surface area is 151 Å². The van der Waals surface area contributed by atoms with E-state index in [1.165, 1.54) is 0 Å². The number of methoxy groups -OCH3 is 1. The van der Waals surface area contributed by atoms with Gasteiger partial charge in [0.15, 0.2) is 0 Å². The average molecular weight is 403 g/mol. The van der Waals surface area contributed by atoms with Crippen LogP contribution in [0.1, 0.15) is 15.9 Å². The van der Waals surface area contributed by atoms with Gasteiger partial charge in [-0.25, -0.2) is 12.7 Å². The number of fused-ring (bicyclic) bond motifs is 1. The number of amides is 1. The maximum atomic E-state index is 13.3. The summed E-state index contributed by atoms with van der Waals surface area (Å²) in [6.07, 6.45) is -4.90. The van der Waals surface area contributed by atoms with Gasteiger partial charge in [-0.1, -0.05) is 18.2 Å². The molecule has 10 heteroatoms. The third kappa shape index (κ3) is 3.14. The molecule has 0 spiro atoms. The highest BCUT2D eigenvalue weighted by molar-refractivity contribution is 8.00. The molecule has 0 aliphatic carbocycles. The van der Waals surface area contributed by atoms with Gasteiger partial charge in [-0.15, -0.1) is 11.8 Å². The molecule has 3 rings (SSSR count). The van der Waals surface area contributed by atoms with Gasteiger partial charge < -0.3 is 4.74 Å². The van der Waals surface area contributed by atoms with E-state index < -0.39 is 38.1 Å². The molecule has 0 saturated heterocycles. The zero-order valence-electron chi connectivity index (χ0n) is 13.3. The predicted molar refractivity (Wildman–Crippen MR) is 88.5 cm³/mol. The molecule has 0 fully saturated rings. The van der Waals surface area contributed by atoms with Gasteiger partial charge in [0.1, 0.15) is 10.6 Å². The van der Waals surface area contributed by atoms with Crippen molar-refractivity contribution in [2.24, 2.45) is 0 Å². The number of halogens is 3. The lowest BCUT2D eigenvalue weighted by atomic mass is 10.1. The lowest BCUT2D eigenvalue weighted by Gasteiger charge is -2.14. The van der Waals surface area contributed by atoms with E-state index in [0.717, 1.165) is 24.9 Å². The van der Waals surface area contributed by atoms with Crippen LogP contribution in [-0.4, -0.2) is 31.6 Å². The van der Waals surface area contributed by atoms with E-state index in [2.05, 4.69) is 0 Å². The highest BCUT2D eigenvalue weighted by Crippen LogP contribution is 2.43. The van der Waals surface area contributed by atoms with E-state index in [4.69, 9.17) is 4.74 Å². The SMILES string of the molecule is COc1cc(C(F)(F)F)c2c(c1)S(=O)(=O)N(CSc1ccccc1)C2=O. The standard InChI is InChI=1S/C16H12F3NO4S2/c1-24-10-7-12(16(17,18)19)14-13(8-10)26(22,23)20(15(14)21)9-25-11-5-3-2-4-6-11/h2-8H,9H2,1H3. The van der Waals surface area contributed by atoms with Gasteiger partial charge in [-0.2, -0.15) is 13.2 Å². The van der Waals surface area contributed by atoms with Gasteiger partial charge >= 0.3 is 6.18 Å². The van der Waals surface area contributed by atoms with E-state index in [1.54, 1.807) is 30.3 Å². The minimum absolute atomic E-state index is 0.287. The monoisotopic (exact) mass is 403 g/mol. The van der Waals surface area contributed by atoms with Crippen LogP contribution < -0.4 is 4.74 Å². The van der Waals surface area contributed by atoms with Crippen molar-refractivity contribution in [2.75, 3.05) is 13.0 Å². The first-order chi connectivity index (χ1) is 12.2. The quantitative estimate of drug-likeness (QED) is 0.730. The molecule has 0 saturated carbocycles. The summed E-state index contributed by atoms with van der Waals surface area (Å²) in [5, 5.41) is 0. The van der Waals surface area contributed by atoms with Crippen LogP contribution in [0.25, 0.3) is 0 Å². The van der Waals surface area contributed by atoms with Crippen LogP contribution in [0, 0.1) is 0 Å². The maximum Gasteiger partial charge on any atom is 0.417 e. The van der Waals surface area contributed by atoms with Gasteiger partial charge in [0.05, 0.1) is 24.1 Å². The summed E-state index contributed by atoms with van der Waals surface area (Å²) in [4.78, 5) is 12.5. The molecular weight excluding hydrogens is 391 g/mol. The van der Waals surface area contributed by atoms with Gasteiger partial charge in [-0.05, 0) is 18.2 Å². The van der Waals surface area contributed by atoms with Crippen LogP contribution in [0.15, 0.2) is 52.3 Å². The number of ether oxygens (including phenoxy) is 1. The molecule has 1 aliphatic rings. The van der Waals surface area contributed by atoms with Gasteiger partial charge in [0.2, 0.25) is 0 Å². The van der Waals surface area contributed by atoms with Crippen molar-refractivity contribution in [1.29, 1.82) is 0 Å². The normalized spacial score (nSPS) is 15.8. The number of alkyl halides is 3. The fourth-order valence-corrected chi connectivity index (χ4v) is 5.20. The zero-order chi connectivity index (χ0) is 19.1. The first-order valence-electron chi connectivity index (χ1n) is 7.20. The van der Waals surface area contributed by atoms with Crippen molar-refractivity contribution < 1.29 is 31.1 Å². The second-order valence-electron chi connectivity index (χ2n) is 5.29. The van der Waals surface area contributed by atoms with Crippen LogP contribution in [0.3, 0.4) is 0 Å². The Hall–Kier alpha value is -2.20. The number of rotatable bonds is 4. The van der Waals surface area contributed by atoms with Crippen LogP contribution >= 0.6 is 11.8 Å². The second-order valence-corrected chi connectivity index (χ2v) is 8.14. The summed E-state index contributed by atoms with van der Waals surface area (Å²) < 4.78 is 70.5. The van der Waals surface area contributed by atoms with Crippen LogP contribution in [0.5, 0.6) is 5.75 Å². The average Bonchev–Trinajstić information content (AvgIpc) is 2.78. The van der Waals surface area contributed by atoms with Crippen LogP contribution in [0.2, 0.25) is 0 Å². The Balaban J connectivity index is 2.05. The number of hydrogen-bond acceptors (Lipinski definition) is 5. The Morgan fingerprint density at radius 2 is 1.81 bits per heavy atom. The Morgan fingerprint density at radius 1 is 1.15 bits per heavy atom. The highest BCUT2D eigenvalue weighted by atomic mass is 32.2. The fraction of sp³-hybridized carbons (Fsp3) is 0.188. The summed E-state index contributed by atoms with van der Waals surface area (Å²) in [6.45, 7) is 0. The van der Waals surface area contributed by atoms with Crippen LogP contribution in [0.4, 0.5) is 13.2 Å². The zero-order valence-corrected chi connectivity index (χ0v) is 14.9. The summed E-state index contributed by atoms with van der Waals surface area (Å²) in [6, 6.07) is 10.2. The molecule has 1 amide bonds. The maximum absolute atomic E-state index is 13.3. The summed E-state index contributed by atoms with van der Waals surface area (Å²) in [5.41, 5.74) is -2.19. The van der Waals surface area contributed by atoms with E-state index >= 15 is 0 Å². The molecule has 2 aromatic carbocycles. The van der Waals surface area contributed by atoms with Crippen molar-refractivity contribution >= 4 is 27.7 Å². The molecule has 138 valence electrons. The molecule has 0 aromatic heterocycles. The number of benzene rings is 2. The minimum Gasteiger partial charge on any atom is -0.497 e. The first-order valence-corrected chi connectivity index (χ1v) is 9.63. The summed E-state index contributed by atoms with van der Waals surface area (Å²) in [5.74, 6) is -1.82. The van der Waals surface area contributed by atoms with Crippen molar-refractivity contribution in [3.8, 4) is 5.75 Å². The van der Waals surface area contributed by atoms with E-state index in [-0.39, 0.29) is 11.6 Å². The molecule has 1 heterocycles. The smallest absolute Gasteiger partial charge is 0.417 e. The first kappa shape index (κ1) is 18.6. The molecule has 1 aliphatic heterocycles. The highest BCUT2D eigenvalue weighted by Gasteiger charge is 2.48. The fourth-order valence-electron chi connectivity index (χ4n) is 2.49. The van der Waals surface area contributed by atoms with Gasteiger partial charge in [0, 0.05) is 11.0 Å². The molecule has 0 N–H and O–H groups in total. The molecule has 5 nitrogen and oxygen atoms in total. The van der Waals surface area contributed by atoms with Gasteiger partial charge in [-0.3, -0.25) is 4.79 Å². The second kappa shape index (κ2) is 6.51. The molecule has 0 atom stereocenters. The topological polar surface area (TPSA) is 63.7 Å². The van der Waals surface area contributed by atoms with Crippen LogP contribution in [-0.2, 0) is 16.2 Å². The molecular formula is C16H12F3NO4S2. The van der Waals surface area contributed by atoms with Gasteiger partial charge in [0.25, 0.3) is 15.9 Å². The Bertz CT molecular complexity index is 959. The largest absolute Gasteiger partial charge is 0.497 e. The third-order valence-electron chi connectivity index (χ3n) is 3.72. The number of carbonyl (C=O) groups is 1. The summed E-state index contributed by atoms with van der Waals surface area (Å²) >= 11 is 1.03. The number of nitrogens with zero attached hydrogens (tertiary/aromatic N) is 1. The molecule has 0 bridgehead atoms. The number of hydrogen-bond donors (Lipinski definition) is 0. The number of sulfonamides is 1. The van der Waals surface area contributed by atoms with Crippen molar-refractivity contribution in [3.63, 3.8) is 0 Å². The lowest BCUT2D eigenvalue weighted by molar-refractivity contribution is -0.138. The van der Waals surface area contributed by atoms with E-state index in [0.29, 0.717) is 15.3 Å². The van der Waals surface area contributed by atoms with Crippen molar-refractivity contribution in [3.05, 3.63) is 53.6 Å². The molecule has 0 radical (unpaired) electrons. The van der Waals surface area contributed by atoms with E-state index in [9.17, 15) is 26.4 Å². The van der Waals surface area contributed by atoms with Crippen molar-refractivity contribution in [2.45, 2.75) is 16.0 Å². The molecule has 2 aromatic rings. The number of carbonyl (C=O) groups excluding carboxylic acids is 1. The molecule has 0 unspecified atom stereocenters. The Kier molecular flexibility index (Phi) is 4.65. The Morgan fingerprint density at radius 3 is 2.38 bits per heavy atom. The third-order valence-corrected chi connectivity index (χ3v) is 6.63. The van der Waals surface area contributed by atoms with Crippen molar-refractivity contribution in [1.82, 2.24) is 4.31 Å². The van der Waals surface area contributed by atoms with E-state index in [1.807, 2.05) is 0 Å². The minimum atomic E-state index is -4.90. The summed E-state index contributed by atoms with van der Waals surface area (Å²) in [7, 11) is -3.28.